The standard InChI is InChI=1S/C6H15N.ClH/c1-3-4-6(2)5-7;/h6H,3-5,7H2,1-2H3;1H. The first-order valence-electron chi connectivity index (χ1n) is 3.01. The fraction of sp³-hybridized carbons (Fsp3) is 1.00. The van der Waals surface area contributed by atoms with Gasteiger partial charge in [-0.1, -0.05) is 20.3 Å². The van der Waals surface area contributed by atoms with Crippen LogP contribution in [0.25, 0.3) is 0 Å². The van der Waals surface area contributed by atoms with E-state index in [0.29, 0.717) is 0 Å². The van der Waals surface area contributed by atoms with Crippen molar-refractivity contribution >= 4 is 12.4 Å². The molecule has 8 heavy (non-hydrogen) atoms. The van der Waals surface area contributed by atoms with Gasteiger partial charge in [-0.25, -0.2) is 0 Å². The van der Waals surface area contributed by atoms with Crippen molar-refractivity contribution in [2.24, 2.45) is 11.7 Å². The average Bonchev–Trinajstić information content (AvgIpc) is 1.68. The van der Waals surface area contributed by atoms with E-state index >= 15 is 0 Å². The van der Waals surface area contributed by atoms with Crippen molar-refractivity contribution in [1.29, 1.82) is 0 Å². The number of hydrogen-bond acceptors (Lipinski definition) is 1. The van der Waals surface area contributed by atoms with Crippen LogP contribution in [0.3, 0.4) is 0 Å². The maximum absolute atomic E-state index is 5.36. The summed E-state index contributed by atoms with van der Waals surface area (Å²) in [6, 6.07) is 0. The predicted octanol–water partition coefficient (Wildman–Crippen LogP) is 1.80. The van der Waals surface area contributed by atoms with Crippen molar-refractivity contribution in [2.45, 2.75) is 26.7 Å². The molecule has 0 aliphatic heterocycles. The minimum Gasteiger partial charge on any atom is -0.330 e. The third-order valence-corrected chi connectivity index (χ3v) is 1.18. The van der Waals surface area contributed by atoms with E-state index in [1.165, 1.54) is 12.8 Å². The van der Waals surface area contributed by atoms with Crippen LogP contribution < -0.4 is 5.73 Å². The molecule has 0 saturated carbocycles. The van der Waals surface area contributed by atoms with Gasteiger partial charge in [-0.2, -0.15) is 0 Å². The molecule has 0 saturated heterocycles. The highest BCUT2D eigenvalue weighted by Crippen LogP contribution is 2.00. The minimum atomic E-state index is 0. The summed E-state index contributed by atoms with van der Waals surface area (Å²) in [5.41, 5.74) is 5.36. The topological polar surface area (TPSA) is 26.0 Å². The van der Waals surface area contributed by atoms with Crippen LogP contribution >= 0.6 is 12.4 Å². The van der Waals surface area contributed by atoms with E-state index in [9.17, 15) is 0 Å². The molecule has 0 aromatic rings. The Balaban J connectivity index is 0. The second-order valence-electron chi connectivity index (χ2n) is 2.13. The summed E-state index contributed by atoms with van der Waals surface area (Å²) in [6.07, 6.45) is 2.54. The summed E-state index contributed by atoms with van der Waals surface area (Å²) >= 11 is 0. The lowest BCUT2D eigenvalue weighted by molar-refractivity contribution is 0.536. The Hall–Kier alpha value is 0.250. The summed E-state index contributed by atoms with van der Waals surface area (Å²) in [5.74, 6) is 0.727. The zero-order valence-corrected chi connectivity index (χ0v) is 6.50. The Morgan fingerprint density at radius 1 is 1.50 bits per heavy atom. The third kappa shape index (κ3) is 6.25. The van der Waals surface area contributed by atoms with E-state index in [4.69, 9.17) is 5.73 Å². The van der Waals surface area contributed by atoms with E-state index in [-0.39, 0.29) is 12.4 Å². The Morgan fingerprint density at radius 2 is 2.00 bits per heavy atom. The van der Waals surface area contributed by atoms with Crippen molar-refractivity contribution in [3.05, 3.63) is 0 Å². The molecule has 52 valence electrons. The van der Waals surface area contributed by atoms with Crippen LogP contribution in [0.15, 0.2) is 0 Å². The molecule has 0 bridgehead atoms. The minimum absolute atomic E-state index is 0. The first-order valence-corrected chi connectivity index (χ1v) is 3.01. The van der Waals surface area contributed by atoms with Crippen LogP contribution in [0, 0.1) is 5.92 Å². The van der Waals surface area contributed by atoms with Crippen molar-refractivity contribution in [3.63, 3.8) is 0 Å². The highest BCUT2D eigenvalue weighted by Gasteiger charge is 1.92. The normalized spacial score (nSPS) is 12.4. The number of nitrogens with two attached hydrogens (primary N) is 1. The van der Waals surface area contributed by atoms with Crippen LogP contribution in [0.5, 0.6) is 0 Å². The van der Waals surface area contributed by atoms with Gasteiger partial charge in [-0.3, -0.25) is 0 Å². The van der Waals surface area contributed by atoms with Crippen molar-refractivity contribution in [3.8, 4) is 0 Å². The molecule has 0 amide bonds. The maximum Gasteiger partial charge on any atom is -0.00515 e. The summed E-state index contributed by atoms with van der Waals surface area (Å²) in [6.45, 7) is 5.21. The Kier molecular flexibility index (Phi) is 10.1. The molecule has 2 N–H and O–H groups in total. The van der Waals surface area contributed by atoms with Gasteiger partial charge in [0.25, 0.3) is 0 Å². The fourth-order valence-corrected chi connectivity index (χ4v) is 0.611. The van der Waals surface area contributed by atoms with Crippen molar-refractivity contribution < 1.29 is 0 Å². The van der Waals surface area contributed by atoms with E-state index in [1.54, 1.807) is 0 Å². The second-order valence-corrected chi connectivity index (χ2v) is 2.13. The summed E-state index contributed by atoms with van der Waals surface area (Å²) < 4.78 is 0. The third-order valence-electron chi connectivity index (χ3n) is 1.18. The number of rotatable bonds is 3. The first kappa shape index (κ1) is 11.1. The lowest BCUT2D eigenvalue weighted by Crippen LogP contribution is -2.09. The summed E-state index contributed by atoms with van der Waals surface area (Å²) in [4.78, 5) is 0. The molecular weight excluding hydrogens is 122 g/mol. The molecule has 0 fully saturated rings. The zero-order valence-electron chi connectivity index (χ0n) is 5.68. The van der Waals surface area contributed by atoms with Crippen LogP contribution in [-0.4, -0.2) is 6.54 Å². The van der Waals surface area contributed by atoms with E-state index in [1.807, 2.05) is 0 Å². The molecule has 2 heteroatoms. The molecule has 1 nitrogen and oxygen atoms in total. The monoisotopic (exact) mass is 137 g/mol. The van der Waals surface area contributed by atoms with Gasteiger partial charge in [-0.05, 0) is 18.9 Å². The van der Waals surface area contributed by atoms with E-state index in [2.05, 4.69) is 13.8 Å². The Bertz CT molecular complexity index is 39.5. The van der Waals surface area contributed by atoms with Crippen LogP contribution in [-0.2, 0) is 0 Å². The van der Waals surface area contributed by atoms with Gasteiger partial charge < -0.3 is 5.73 Å². The second kappa shape index (κ2) is 7.25. The molecule has 0 aromatic heterocycles. The molecule has 0 aliphatic carbocycles. The van der Waals surface area contributed by atoms with Gasteiger partial charge >= 0.3 is 0 Å². The van der Waals surface area contributed by atoms with Crippen molar-refractivity contribution in [1.82, 2.24) is 0 Å². The molecule has 0 aliphatic rings. The van der Waals surface area contributed by atoms with Gasteiger partial charge in [0, 0.05) is 0 Å². The molecule has 1 unspecified atom stereocenters. The van der Waals surface area contributed by atoms with Gasteiger partial charge in [0.1, 0.15) is 0 Å². The SMILES string of the molecule is CCCC(C)CN.Cl. The quantitative estimate of drug-likeness (QED) is 0.631. The van der Waals surface area contributed by atoms with Crippen LogP contribution in [0.4, 0.5) is 0 Å². The molecule has 0 radical (unpaired) electrons. The summed E-state index contributed by atoms with van der Waals surface area (Å²) in [5, 5.41) is 0. The summed E-state index contributed by atoms with van der Waals surface area (Å²) in [7, 11) is 0. The first-order chi connectivity index (χ1) is 3.31. The number of hydrogen-bond donors (Lipinski definition) is 1. The Labute approximate surface area is 58.1 Å². The van der Waals surface area contributed by atoms with Crippen LogP contribution in [0.1, 0.15) is 26.7 Å². The zero-order chi connectivity index (χ0) is 5.70. The number of halogens is 1. The highest BCUT2D eigenvalue weighted by atomic mass is 35.5. The molecule has 0 aromatic carbocycles. The maximum atomic E-state index is 5.36. The largest absolute Gasteiger partial charge is 0.330 e. The smallest absolute Gasteiger partial charge is 0.00515 e. The predicted molar refractivity (Wildman–Crippen MR) is 40.4 cm³/mol. The molecule has 0 spiro atoms. The Morgan fingerprint density at radius 3 is 2.12 bits per heavy atom. The highest BCUT2D eigenvalue weighted by molar-refractivity contribution is 5.85. The van der Waals surface area contributed by atoms with E-state index < -0.39 is 0 Å². The van der Waals surface area contributed by atoms with Gasteiger partial charge in [0.2, 0.25) is 0 Å². The lowest BCUT2D eigenvalue weighted by Gasteiger charge is -2.02. The van der Waals surface area contributed by atoms with Crippen molar-refractivity contribution in [2.75, 3.05) is 6.54 Å². The molecular formula is C6H16ClN. The molecule has 0 rings (SSSR count). The molecule has 0 heterocycles. The average molecular weight is 138 g/mol. The molecule has 1 atom stereocenters. The lowest BCUT2D eigenvalue weighted by atomic mass is 10.1. The van der Waals surface area contributed by atoms with Crippen LogP contribution in [0.2, 0.25) is 0 Å². The van der Waals surface area contributed by atoms with E-state index in [0.717, 1.165) is 12.5 Å². The van der Waals surface area contributed by atoms with Gasteiger partial charge in [0.15, 0.2) is 0 Å². The van der Waals surface area contributed by atoms with Gasteiger partial charge in [-0.15, -0.1) is 12.4 Å². The fourth-order valence-electron chi connectivity index (χ4n) is 0.611. The van der Waals surface area contributed by atoms with Gasteiger partial charge in [0.05, 0.1) is 0 Å².